The summed E-state index contributed by atoms with van der Waals surface area (Å²) in [6, 6.07) is 17.8. The first-order valence-electron chi connectivity index (χ1n) is 8.78. The molecule has 0 bridgehead atoms. The van der Waals surface area contributed by atoms with Gasteiger partial charge in [0.25, 0.3) is 5.56 Å². The van der Waals surface area contributed by atoms with Crippen LogP contribution in [0.5, 0.6) is 0 Å². The van der Waals surface area contributed by atoms with Crippen LogP contribution in [-0.4, -0.2) is 19.2 Å². The Morgan fingerprint density at radius 2 is 1.86 bits per heavy atom. The lowest BCUT2D eigenvalue weighted by Gasteiger charge is -2.11. The molecule has 3 heterocycles. The van der Waals surface area contributed by atoms with Crippen LogP contribution in [0.1, 0.15) is 11.1 Å². The number of aromatic nitrogens is 4. The van der Waals surface area contributed by atoms with E-state index in [1.165, 1.54) is 5.56 Å². The van der Waals surface area contributed by atoms with Gasteiger partial charge in [-0.1, -0.05) is 42.0 Å². The highest BCUT2D eigenvalue weighted by atomic mass is 79.9. The molecular weight excluding hydrogens is 436 g/mol. The molecule has 0 aliphatic heterocycles. The minimum Gasteiger partial charge on any atom is -0.272 e. The van der Waals surface area contributed by atoms with Gasteiger partial charge in [-0.15, -0.1) is 21.5 Å². The average Bonchev–Trinajstić information content (AvgIpc) is 3.33. The summed E-state index contributed by atoms with van der Waals surface area (Å²) in [5.41, 5.74) is 2.99. The molecule has 5 aromatic rings. The maximum absolute atomic E-state index is 13.2. The zero-order valence-electron chi connectivity index (χ0n) is 15.0. The fraction of sp³-hybridized carbons (Fsp3) is 0.0952. The summed E-state index contributed by atoms with van der Waals surface area (Å²) >= 11 is 5.09. The van der Waals surface area contributed by atoms with E-state index in [1.54, 1.807) is 15.9 Å². The number of rotatable bonds is 3. The molecule has 0 saturated heterocycles. The molecule has 3 aromatic heterocycles. The Balaban J connectivity index is 1.82. The largest absolute Gasteiger partial charge is 0.272 e. The molecule has 0 spiro atoms. The summed E-state index contributed by atoms with van der Waals surface area (Å²) < 4.78 is 4.68. The minimum atomic E-state index is -0.0602. The number of hydrogen-bond acceptors (Lipinski definition) is 4. The third-order valence-electron chi connectivity index (χ3n) is 4.76. The topological polar surface area (TPSA) is 52.2 Å². The molecule has 2 aromatic carbocycles. The highest BCUT2D eigenvalue weighted by molar-refractivity contribution is 9.10. The van der Waals surface area contributed by atoms with Gasteiger partial charge in [-0.25, -0.2) is 0 Å². The van der Waals surface area contributed by atoms with E-state index in [0.717, 1.165) is 26.3 Å². The van der Waals surface area contributed by atoms with E-state index in [-0.39, 0.29) is 5.56 Å². The third kappa shape index (κ3) is 2.78. The van der Waals surface area contributed by atoms with Crippen molar-refractivity contribution < 1.29 is 0 Å². The van der Waals surface area contributed by atoms with Crippen molar-refractivity contribution in [2.24, 2.45) is 0 Å². The van der Waals surface area contributed by atoms with Gasteiger partial charge in [0.05, 0.1) is 22.3 Å². The second-order valence-electron chi connectivity index (χ2n) is 6.68. The third-order valence-corrected chi connectivity index (χ3v) is 6.44. The zero-order valence-corrected chi connectivity index (χ0v) is 17.4. The van der Waals surface area contributed by atoms with Crippen LogP contribution in [0.25, 0.3) is 27.4 Å². The Morgan fingerprint density at radius 3 is 2.61 bits per heavy atom. The van der Waals surface area contributed by atoms with Gasteiger partial charge >= 0.3 is 0 Å². The lowest BCUT2D eigenvalue weighted by Crippen LogP contribution is -2.24. The molecule has 0 radical (unpaired) electrons. The number of para-hydroxylation sites is 1. The van der Waals surface area contributed by atoms with E-state index in [2.05, 4.69) is 38.3 Å². The van der Waals surface area contributed by atoms with Crippen LogP contribution in [0, 0.1) is 6.92 Å². The fourth-order valence-corrected chi connectivity index (χ4v) is 4.77. The molecule has 0 amide bonds. The maximum Gasteiger partial charge on any atom is 0.263 e. The molecule has 28 heavy (non-hydrogen) atoms. The minimum absolute atomic E-state index is 0.0602. The Hall–Kier alpha value is -2.77. The Morgan fingerprint density at radius 1 is 1.07 bits per heavy atom. The van der Waals surface area contributed by atoms with Crippen LogP contribution in [0.3, 0.4) is 0 Å². The molecule has 5 nitrogen and oxygen atoms in total. The van der Waals surface area contributed by atoms with Crippen molar-refractivity contribution in [2.45, 2.75) is 13.5 Å². The summed E-state index contributed by atoms with van der Waals surface area (Å²) in [7, 11) is 0. The lowest BCUT2D eigenvalue weighted by molar-refractivity contribution is 0.766. The van der Waals surface area contributed by atoms with Crippen molar-refractivity contribution in [3.05, 3.63) is 85.9 Å². The van der Waals surface area contributed by atoms with E-state index in [1.807, 2.05) is 59.2 Å². The number of aryl methyl sites for hydroxylation is 1. The van der Waals surface area contributed by atoms with E-state index in [9.17, 15) is 4.79 Å². The number of benzene rings is 2. The fourth-order valence-electron chi connectivity index (χ4n) is 3.37. The van der Waals surface area contributed by atoms with Crippen molar-refractivity contribution in [2.75, 3.05) is 0 Å². The number of halogens is 1. The predicted molar refractivity (Wildman–Crippen MR) is 116 cm³/mol. The maximum atomic E-state index is 13.2. The molecule has 0 aliphatic carbocycles. The smallest absolute Gasteiger partial charge is 0.263 e. The van der Waals surface area contributed by atoms with Gasteiger partial charge in [0.2, 0.25) is 5.78 Å². The standard InChI is InChI=1S/C21H15BrN4OS/c1-13-6-8-14(9-7-13)11-25-20(27)16-4-2-3-5-17(16)26-19(23-24-21(25)26)18-10-15(22)12-28-18/h2-10,12H,11H2,1H3. The first-order chi connectivity index (χ1) is 13.6. The number of hydrogen-bond donors (Lipinski definition) is 0. The summed E-state index contributed by atoms with van der Waals surface area (Å²) in [5, 5.41) is 11.5. The van der Waals surface area contributed by atoms with Crippen molar-refractivity contribution in [3.8, 4) is 10.7 Å². The van der Waals surface area contributed by atoms with Crippen LogP contribution >= 0.6 is 27.3 Å². The molecule has 0 unspecified atom stereocenters. The molecule has 5 rings (SSSR count). The number of thiophene rings is 1. The van der Waals surface area contributed by atoms with Gasteiger partial charge < -0.3 is 0 Å². The van der Waals surface area contributed by atoms with Crippen LogP contribution in [0.4, 0.5) is 0 Å². The zero-order chi connectivity index (χ0) is 19.3. The molecule has 0 saturated carbocycles. The Labute approximate surface area is 173 Å². The van der Waals surface area contributed by atoms with E-state index >= 15 is 0 Å². The van der Waals surface area contributed by atoms with E-state index in [0.29, 0.717) is 17.7 Å². The van der Waals surface area contributed by atoms with Crippen molar-refractivity contribution in [3.63, 3.8) is 0 Å². The van der Waals surface area contributed by atoms with Gasteiger partial charge in [-0.2, -0.15) is 0 Å². The molecule has 138 valence electrons. The molecular formula is C21H15BrN4OS. The first-order valence-corrected chi connectivity index (χ1v) is 10.5. The molecule has 0 aliphatic rings. The summed E-state index contributed by atoms with van der Waals surface area (Å²) in [6.45, 7) is 2.49. The Bertz CT molecular complexity index is 1380. The molecule has 0 fully saturated rings. The highest BCUT2D eigenvalue weighted by Crippen LogP contribution is 2.30. The normalized spacial score (nSPS) is 11.5. The SMILES string of the molecule is Cc1ccc(Cn2c(=O)c3ccccc3n3c(-c4cc(Br)cs4)nnc23)cc1. The summed E-state index contributed by atoms with van der Waals surface area (Å²) in [5.74, 6) is 1.28. The second-order valence-corrected chi connectivity index (χ2v) is 8.51. The monoisotopic (exact) mass is 450 g/mol. The van der Waals surface area contributed by atoms with E-state index in [4.69, 9.17) is 0 Å². The summed E-state index contributed by atoms with van der Waals surface area (Å²) in [6.07, 6.45) is 0. The lowest BCUT2D eigenvalue weighted by atomic mass is 10.1. The van der Waals surface area contributed by atoms with E-state index < -0.39 is 0 Å². The van der Waals surface area contributed by atoms with Crippen LogP contribution in [-0.2, 0) is 6.54 Å². The van der Waals surface area contributed by atoms with Gasteiger partial charge in [-0.05, 0) is 46.6 Å². The van der Waals surface area contributed by atoms with Crippen molar-refractivity contribution in [1.29, 1.82) is 0 Å². The number of fused-ring (bicyclic) bond motifs is 3. The van der Waals surface area contributed by atoms with Crippen LogP contribution < -0.4 is 5.56 Å². The Kier molecular flexibility index (Phi) is 4.14. The highest BCUT2D eigenvalue weighted by Gasteiger charge is 2.18. The second kappa shape index (κ2) is 6.68. The van der Waals surface area contributed by atoms with Gasteiger partial charge in [0.15, 0.2) is 5.82 Å². The quantitative estimate of drug-likeness (QED) is 0.393. The van der Waals surface area contributed by atoms with Gasteiger partial charge in [0.1, 0.15) is 0 Å². The first kappa shape index (κ1) is 17.3. The predicted octanol–water partition coefficient (Wildman–Crippen LogP) is 4.89. The molecule has 0 N–H and O–H groups in total. The summed E-state index contributed by atoms with van der Waals surface area (Å²) in [4.78, 5) is 14.2. The van der Waals surface area contributed by atoms with Crippen molar-refractivity contribution >= 4 is 43.9 Å². The van der Waals surface area contributed by atoms with Crippen LogP contribution in [0.2, 0.25) is 0 Å². The van der Waals surface area contributed by atoms with Crippen molar-refractivity contribution in [1.82, 2.24) is 19.2 Å². The molecule has 0 atom stereocenters. The van der Waals surface area contributed by atoms with Crippen LogP contribution in [0.15, 0.2) is 69.2 Å². The van der Waals surface area contributed by atoms with Gasteiger partial charge in [-0.3, -0.25) is 13.8 Å². The molecule has 7 heteroatoms. The van der Waals surface area contributed by atoms with Gasteiger partial charge in [0, 0.05) is 9.85 Å². The number of nitrogens with zero attached hydrogens (tertiary/aromatic N) is 4. The average molecular weight is 451 g/mol.